The smallest absolute Gasteiger partial charge is 0.272 e. The first-order valence-electron chi connectivity index (χ1n) is 9.28. The summed E-state index contributed by atoms with van der Waals surface area (Å²) >= 11 is 0. The Labute approximate surface area is 167 Å². The van der Waals surface area contributed by atoms with E-state index in [4.69, 9.17) is 0 Å². The van der Waals surface area contributed by atoms with Crippen molar-refractivity contribution in [3.8, 4) is 11.4 Å². The summed E-state index contributed by atoms with van der Waals surface area (Å²) in [4.78, 5) is 26.4. The monoisotopic (exact) mass is 384 g/mol. The molecular weight excluding hydrogens is 364 g/mol. The van der Waals surface area contributed by atoms with Crippen molar-refractivity contribution in [2.45, 2.75) is 13.8 Å². The minimum atomic E-state index is -0.644. The molecule has 1 amide bonds. The topological polar surface area (TPSA) is 71.3 Å². The Hall–Kier alpha value is -3.86. The molecular formula is C24H20N2O3. The Morgan fingerprint density at radius 2 is 1.62 bits per heavy atom. The highest BCUT2D eigenvalue weighted by atomic mass is 16.3. The first-order chi connectivity index (χ1) is 14.0. The number of aromatic nitrogens is 1. The van der Waals surface area contributed by atoms with Crippen molar-refractivity contribution in [3.63, 3.8) is 0 Å². The highest BCUT2D eigenvalue weighted by Crippen LogP contribution is 2.29. The molecule has 1 aromatic heterocycles. The number of aromatic hydroxyl groups is 1. The van der Waals surface area contributed by atoms with E-state index in [2.05, 4.69) is 5.32 Å². The highest BCUT2D eigenvalue weighted by molar-refractivity contribution is 6.09. The van der Waals surface area contributed by atoms with E-state index in [1.165, 1.54) is 4.57 Å². The van der Waals surface area contributed by atoms with Gasteiger partial charge < -0.3 is 10.4 Å². The lowest BCUT2D eigenvalue weighted by Crippen LogP contribution is -2.29. The zero-order chi connectivity index (χ0) is 20.5. The third kappa shape index (κ3) is 3.27. The molecule has 0 fully saturated rings. The van der Waals surface area contributed by atoms with Crippen LogP contribution < -0.4 is 10.9 Å². The average Bonchev–Trinajstić information content (AvgIpc) is 2.71. The minimum absolute atomic E-state index is 0.285. The van der Waals surface area contributed by atoms with Gasteiger partial charge in [-0.05, 0) is 49.7 Å². The maximum Gasteiger partial charge on any atom is 0.272 e. The molecule has 0 unspecified atom stereocenters. The lowest BCUT2D eigenvalue weighted by molar-refractivity contribution is 0.102. The van der Waals surface area contributed by atoms with Crippen molar-refractivity contribution in [2.75, 3.05) is 5.32 Å². The van der Waals surface area contributed by atoms with Gasteiger partial charge in [0.2, 0.25) is 0 Å². The largest absolute Gasteiger partial charge is 0.506 e. The quantitative estimate of drug-likeness (QED) is 0.544. The Balaban J connectivity index is 1.93. The predicted octanol–water partition coefficient (Wildman–Crippen LogP) is 4.57. The number of nitrogens with zero attached hydrogens (tertiary/aromatic N) is 1. The standard InChI is InChI=1S/C24H20N2O3/c1-15-12-13-19(16(2)14-15)25-23(28)21-22(27)18-10-6-7-11-20(18)26(24(21)29)17-8-4-3-5-9-17/h3-14,27H,1-2H3,(H,25,28). The number of rotatable bonds is 3. The third-order valence-electron chi connectivity index (χ3n) is 4.93. The minimum Gasteiger partial charge on any atom is -0.506 e. The molecule has 4 aromatic rings. The molecule has 4 rings (SSSR count). The second-order valence-electron chi connectivity index (χ2n) is 6.99. The summed E-state index contributed by atoms with van der Waals surface area (Å²) in [5.74, 6) is -0.963. The van der Waals surface area contributed by atoms with Crippen LogP contribution in [0.4, 0.5) is 5.69 Å². The van der Waals surface area contributed by atoms with E-state index in [1.807, 2.05) is 44.2 Å². The SMILES string of the molecule is Cc1ccc(NC(=O)c2c(O)c3ccccc3n(-c3ccccc3)c2=O)c(C)c1. The molecule has 0 aliphatic rings. The highest BCUT2D eigenvalue weighted by Gasteiger charge is 2.23. The number of aryl methyl sites for hydroxylation is 2. The van der Waals surface area contributed by atoms with Crippen molar-refractivity contribution >= 4 is 22.5 Å². The summed E-state index contributed by atoms with van der Waals surface area (Å²) in [6.07, 6.45) is 0. The molecule has 5 heteroatoms. The van der Waals surface area contributed by atoms with Gasteiger partial charge in [-0.1, -0.05) is 48.0 Å². The molecule has 5 nitrogen and oxygen atoms in total. The number of hydrogen-bond acceptors (Lipinski definition) is 3. The van der Waals surface area contributed by atoms with E-state index in [1.54, 1.807) is 42.5 Å². The number of carbonyl (C=O) groups excluding carboxylic acids is 1. The number of hydrogen-bond donors (Lipinski definition) is 2. The molecule has 3 aromatic carbocycles. The summed E-state index contributed by atoms with van der Waals surface area (Å²) in [6.45, 7) is 3.84. The molecule has 0 spiro atoms. The van der Waals surface area contributed by atoms with Gasteiger partial charge >= 0.3 is 0 Å². The number of para-hydroxylation sites is 2. The zero-order valence-electron chi connectivity index (χ0n) is 16.1. The van der Waals surface area contributed by atoms with E-state index >= 15 is 0 Å². The van der Waals surface area contributed by atoms with Crippen LogP contribution in [-0.4, -0.2) is 15.6 Å². The van der Waals surface area contributed by atoms with Crippen LogP contribution in [0.2, 0.25) is 0 Å². The molecule has 1 heterocycles. The van der Waals surface area contributed by atoms with Crippen molar-refractivity contribution in [2.24, 2.45) is 0 Å². The maximum atomic E-state index is 13.3. The Bertz CT molecular complexity index is 1290. The summed E-state index contributed by atoms with van der Waals surface area (Å²) < 4.78 is 1.45. The molecule has 0 aliphatic carbocycles. The Kier molecular flexibility index (Phi) is 4.64. The van der Waals surface area contributed by atoms with Crippen LogP contribution in [-0.2, 0) is 0 Å². The molecule has 0 aliphatic heterocycles. The lowest BCUT2D eigenvalue weighted by Gasteiger charge is -2.15. The number of amides is 1. The zero-order valence-corrected chi connectivity index (χ0v) is 16.1. The van der Waals surface area contributed by atoms with Gasteiger partial charge in [0, 0.05) is 16.8 Å². The van der Waals surface area contributed by atoms with Gasteiger partial charge in [-0.2, -0.15) is 0 Å². The van der Waals surface area contributed by atoms with Crippen molar-refractivity contribution in [1.82, 2.24) is 4.57 Å². The van der Waals surface area contributed by atoms with E-state index in [0.717, 1.165) is 11.1 Å². The Morgan fingerprint density at radius 3 is 2.34 bits per heavy atom. The number of fused-ring (bicyclic) bond motifs is 1. The maximum absolute atomic E-state index is 13.3. The van der Waals surface area contributed by atoms with Gasteiger partial charge in [-0.3, -0.25) is 14.2 Å². The third-order valence-corrected chi connectivity index (χ3v) is 4.93. The molecule has 0 atom stereocenters. The number of anilines is 1. The van der Waals surface area contributed by atoms with Gasteiger partial charge in [-0.15, -0.1) is 0 Å². The first-order valence-corrected chi connectivity index (χ1v) is 9.28. The molecule has 0 bridgehead atoms. The molecule has 29 heavy (non-hydrogen) atoms. The fourth-order valence-corrected chi connectivity index (χ4v) is 3.50. The molecule has 0 saturated carbocycles. The van der Waals surface area contributed by atoms with Crippen molar-refractivity contribution in [3.05, 3.63) is 99.8 Å². The van der Waals surface area contributed by atoms with Gasteiger partial charge in [0.25, 0.3) is 11.5 Å². The van der Waals surface area contributed by atoms with Crippen molar-refractivity contribution in [1.29, 1.82) is 0 Å². The average molecular weight is 384 g/mol. The number of benzene rings is 3. The fourth-order valence-electron chi connectivity index (χ4n) is 3.50. The van der Waals surface area contributed by atoms with Crippen LogP contribution >= 0.6 is 0 Å². The summed E-state index contributed by atoms with van der Waals surface area (Å²) in [5.41, 5.74) is 2.84. The van der Waals surface area contributed by atoms with Crippen LogP contribution in [0.25, 0.3) is 16.6 Å². The fraction of sp³-hybridized carbons (Fsp3) is 0.0833. The number of nitrogens with one attached hydrogen (secondary N) is 1. The van der Waals surface area contributed by atoms with Crippen LogP contribution in [0.3, 0.4) is 0 Å². The van der Waals surface area contributed by atoms with E-state index < -0.39 is 11.5 Å². The molecule has 144 valence electrons. The normalized spacial score (nSPS) is 10.8. The van der Waals surface area contributed by atoms with E-state index in [9.17, 15) is 14.7 Å². The predicted molar refractivity (Wildman–Crippen MR) is 115 cm³/mol. The van der Waals surface area contributed by atoms with Gasteiger partial charge in [-0.25, -0.2) is 0 Å². The van der Waals surface area contributed by atoms with Crippen LogP contribution in [0.15, 0.2) is 77.6 Å². The molecule has 0 radical (unpaired) electrons. The van der Waals surface area contributed by atoms with Gasteiger partial charge in [0.15, 0.2) is 0 Å². The number of pyridine rings is 1. The van der Waals surface area contributed by atoms with E-state index in [0.29, 0.717) is 22.3 Å². The van der Waals surface area contributed by atoms with Gasteiger partial charge in [0.1, 0.15) is 11.3 Å². The Morgan fingerprint density at radius 1 is 0.931 bits per heavy atom. The molecule has 2 N–H and O–H groups in total. The number of carbonyl (C=O) groups is 1. The summed E-state index contributed by atoms with van der Waals surface area (Å²) in [7, 11) is 0. The van der Waals surface area contributed by atoms with Crippen LogP contribution in [0.5, 0.6) is 5.75 Å². The summed E-state index contributed by atoms with van der Waals surface area (Å²) in [5, 5.41) is 14.0. The van der Waals surface area contributed by atoms with Crippen molar-refractivity contribution < 1.29 is 9.90 Å². The summed E-state index contributed by atoms with van der Waals surface area (Å²) in [6, 6.07) is 21.7. The molecule has 0 saturated heterocycles. The van der Waals surface area contributed by atoms with E-state index in [-0.39, 0.29) is 11.3 Å². The lowest BCUT2D eigenvalue weighted by atomic mass is 10.1. The van der Waals surface area contributed by atoms with Crippen LogP contribution in [0.1, 0.15) is 21.5 Å². The van der Waals surface area contributed by atoms with Crippen LogP contribution in [0, 0.1) is 13.8 Å². The second kappa shape index (κ2) is 7.28. The first kappa shape index (κ1) is 18.5. The van der Waals surface area contributed by atoms with Gasteiger partial charge in [0.05, 0.1) is 5.52 Å². The second-order valence-corrected chi connectivity index (χ2v) is 6.99.